The van der Waals surface area contributed by atoms with Gasteiger partial charge >= 0.3 is 0 Å². The lowest BCUT2D eigenvalue weighted by Gasteiger charge is -2.25. The highest BCUT2D eigenvalue weighted by atomic mass is 35.5. The van der Waals surface area contributed by atoms with Gasteiger partial charge in [0.25, 0.3) is 5.91 Å². The number of carbonyl (C=O) groups is 1. The van der Waals surface area contributed by atoms with E-state index in [9.17, 15) is 15.0 Å². The van der Waals surface area contributed by atoms with Crippen LogP contribution in [0.25, 0.3) is 11.1 Å². The molecule has 6 nitrogen and oxygen atoms in total. The van der Waals surface area contributed by atoms with Crippen LogP contribution in [0.15, 0.2) is 52.5 Å². The highest BCUT2D eigenvalue weighted by molar-refractivity contribution is 6.31. The quantitative estimate of drug-likeness (QED) is 0.609. The number of aromatic nitrogens is 1. The lowest BCUT2D eigenvalue weighted by Crippen LogP contribution is -2.34. The second-order valence-corrected chi connectivity index (χ2v) is 7.58. The molecule has 0 aliphatic carbocycles. The third-order valence-corrected chi connectivity index (χ3v) is 5.27. The molecular weight excluding hydrogens is 392 g/mol. The average molecular weight is 413 g/mol. The van der Waals surface area contributed by atoms with E-state index < -0.39 is 0 Å². The number of amides is 1. The molecular formula is C22H21ClN2O4. The number of aromatic hydroxyl groups is 2. The number of fused-ring (bicyclic) bond motifs is 1. The van der Waals surface area contributed by atoms with Gasteiger partial charge in [0.1, 0.15) is 17.0 Å². The minimum atomic E-state index is -0.236. The smallest absolute Gasteiger partial charge is 0.257 e. The molecule has 0 unspecified atom stereocenters. The Labute approximate surface area is 173 Å². The van der Waals surface area contributed by atoms with Crippen molar-refractivity contribution in [1.82, 2.24) is 9.88 Å². The summed E-state index contributed by atoms with van der Waals surface area (Å²) in [5, 5.41) is 20.1. The molecule has 2 aromatic carbocycles. The van der Waals surface area contributed by atoms with Crippen LogP contribution >= 0.6 is 11.6 Å². The maximum atomic E-state index is 12.8. The van der Waals surface area contributed by atoms with Gasteiger partial charge in [-0.15, -0.1) is 0 Å². The minimum absolute atomic E-state index is 0.0726. The van der Waals surface area contributed by atoms with Gasteiger partial charge in [-0.1, -0.05) is 23.3 Å². The van der Waals surface area contributed by atoms with Crippen molar-refractivity contribution in [2.45, 2.75) is 25.7 Å². The number of rotatable bonds is 3. The first-order chi connectivity index (χ1) is 14.0. The van der Waals surface area contributed by atoms with E-state index in [1.54, 1.807) is 17.0 Å². The highest BCUT2D eigenvalue weighted by Gasteiger charge is 2.21. The summed E-state index contributed by atoms with van der Waals surface area (Å²) in [6.45, 7) is 1.15. The maximum absolute atomic E-state index is 12.8. The number of nitrogens with zero attached hydrogens (tertiary/aromatic N) is 2. The molecule has 0 saturated carbocycles. The Hall–Kier alpha value is -2.99. The fraction of sp³-hybridized carbons (Fsp3) is 0.273. The summed E-state index contributed by atoms with van der Waals surface area (Å²) in [4.78, 5) is 19.1. The number of phenols is 2. The zero-order chi connectivity index (χ0) is 20.4. The predicted molar refractivity (Wildman–Crippen MR) is 110 cm³/mol. The van der Waals surface area contributed by atoms with Crippen LogP contribution in [0, 0.1) is 0 Å². The fourth-order valence-electron chi connectivity index (χ4n) is 3.53. The van der Waals surface area contributed by atoms with Gasteiger partial charge in [-0.3, -0.25) is 4.79 Å². The maximum Gasteiger partial charge on any atom is 0.257 e. The predicted octanol–water partition coefficient (Wildman–Crippen LogP) is 4.69. The lowest BCUT2D eigenvalue weighted by atomic mass is 10.0. The average Bonchev–Trinajstić information content (AvgIpc) is 3.05. The van der Waals surface area contributed by atoms with Gasteiger partial charge in [0.15, 0.2) is 11.5 Å². The van der Waals surface area contributed by atoms with E-state index in [1.807, 2.05) is 6.07 Å². The van der Waals surface area contributed by atoms with E-state index in [1.165, 1.54) is 18.2 Å². The SMILES string of the molecule is O=C(c1ccc(O)cc1O)N1CCC/C=C(/Cc2nc3cc(Cl)ccc3o2)CC1. The molecule has 150 valence electrons. The topological polar surface area (TPSA) is 86.8 Å². The Morgan fingerprint density at radius 3 is 2.86 bits per heavy atom. The molecule has 4 rings (SSSR count). The molecule has 0 spiro atoms. The number of phenolic OH excluding ortho intramolecular Hbond substituents is 2. The molecule has 29 heavy (non-hydrogen) atoms. The van der Waals surface area contributed by atoms with Crippen molar-refractivity contribution in [3.63, 3.8) is 0 Å². The van der Waals surface area contributed by atoms with Crippen molar-refractivity contribution >= 4 is 28.6 Å². The molecule has 1 amide bonds. The van der Waals surface area contributed by atoms with Crippen molar-refractivity contribution in [2.75, 3.05) is 13.1 Å². The van der Waals surface area contributed by atoms with Crippen molar-refractivity contribution in [1.29, 1.82) is 0 Å². The van der Waals surface area contributed by atoms with Crippen LogP contribution in [0.2, 0.25) is 5.02 Å². The number of benzene rings is 2. The molecule has 3 aromatic rings. The second kappa shape index (κ2) is 8.17. The second-order valence-electron chi connectivity index (χ2n) is 7.14. The summed E-state index contributed by atoms with van der Waals surface area (Å²) >= 11 is 6.01. The van der Waals surface area contributed by atoms with Gasteiger partial charge in [0.05, 0.1) is 5.56 Å². The molecule has 0 atom stereocenters. The molecule has 0 fully saturated rings. The summed E-state index contributed by atoms with van der Waals surface area (Å²) in [5.74, 6) is 0.109. The van der Waals surface area contributed by atoms with E-state index in [4.69, 9.17) is 16.0 Å². The summed E-state index contributed by atoms with van der Waals surface area (Å²) < 4.78 is 5.82. The van der Waals surface area contributed by atoms with Gasteiger partial charge in [0, 0.05) is 30.6 Å². The number of oxazole rings is 1. The van der Waals surface area contributed by atoms with Gasteiger partial charge in [-0.2, -0.15) is 0 Å². The summed E-state index contributed by atoms with van der Waals surface area (Å²) in [6, 6.07) is 9.40. The molecule has 1 aliphatic rings. The van der Waals surface area contributed by atoms with E-state index in [0.29, 0.717) is 42.4 Å². The van der Waals surface area contributed by atoms with Crippen LogP contribution in [-0.4, -0.2) is 39.1 Å². The van der Waals surface area contributed by atoms with Crippen LogP contribution in [0.3, 0.4) is 0 Å². The normalized spacial score (nSPS) is 16.9. The number of hydrogen-bond acceptors (Lipinski definition) is 5. The zero-order valence-electron chi connectivity index (χ0n) is 15.8. The molecule has 7 heteroatoms. The molecule has 1 aliphatic heterocycles. The van der Waals surface area contributed by atoms with Crippen LogP contribution < -0.4 is 0 Å². The van der Waals surface area contributed by atoms with E-state index in [0.717, 1.165) is 23.9 Å². The molecule has 1 aromatic heterocycles. The summed E-state index contributed by atoms with van der Waals surface area (Å²) in [5.41, 5.74) is 2.80. The monoisotopic (exact) mass is 412 g/mol. The molecule has 2 N–H and O–H groups in total. The number of hydrogen-bond donors (Lipinski definition) is 2. The molecule has 0 radical (unpaired) electrons. The Morgan fingerprint density at radius 1 is 1.17 bits per heavy atom. The fourth-order valence-corrected chi connectivity index (χ4v) is 3.70. The van der Waals surface area contributed by atoms with Gasteiger partial charge in [0.2, 0.25) is 0 Å². The Morgan fingerprint density at radius 2 is 2.03 bits per heavy atom. The van der Waals surface area contributed by atoms with Crippen molar-refractivity contribution < 1.29 is 19.4 Å². The first-order valence-corrected chi connectivity index (χ1v) is 9.91. The van der Waals surface area contributed by atoms with Crippen LogP contribution in [0.4, 0.5) is 0 Å². The van der Waals surface area contributed by atoms with Crippen LogP contribution in [-0.2, 0) is 6.42 Å². The zero-order valence-corrected chi connectivity index (χ0v) is 16.5. The molecule has 0 bridgehead atoms. The highest BCUT2D eigenvalue weighted by Crippen LogP contribution is 2.26. The molecule has 2 heterocycles. The van der Waals surface area contributed by atoms with Crippen molar-refractivity contribution in [3.05, 3.63) is 64.5 Å². The Kier molecular flexibility index (Phi) is 5.45. The van der Waals surface area contributed by atoms with E-state index >= 15 is 0 Å². The van der Waals surface area contributed by atoms with Crippen LogP contribution in [0.5, 0.6) is 11.5 Å². The summed E-state index contributed by atoms with van der Waals surface area (Å²) in [6.07, 6.45) is 5.16. The third-order valence-electron chi connectivity index (χ3n) is 5.04. The van der Waals surface area contributed by atoms with Crippen molar-refractivity contribution in [2.24, 2.45) is 0 Å². The van der Waals surface area contributed by atoms with Gasteiger partial charge < -0.3 is 19.5 Å². The van der Waals surface area contributed by atoms with Crippen molar-refractivity contribution in [3.8, 4) is 11.5 Å². The first kappa shape index (κ1) is 19.3. The minimum Gasteiger partial charge on any atom is -0.508 e. The lowest BCUT2D eigenvalue weighted by molar-refractivity contribution is 0.0750. The Balaban J connectivity index is 1.46. The van der Waals surface area contributed by atoms with E-state index in [-0.39, 0.29) is 23.0 Å². The summed E-state index contributed by atoms with van der Waals surface area (Å²) in [7, 11) is 0. The van der Waals surface area contributed by atoms with Gasteiger partial charge in [-0.05, 0) is 49.6 Å². The van der Waals surface area contributed by atoms with E-state index in [2.05, 4.69) is 11.1 Å². The standard InChI is InChI=1S/C22H21ClN2O4/c23-15-4-7-20-18(12-15)24-21(29-20)11-14-3-1-2-9-25(10-8-14)22(28)17-6-5-16(26)13-19(17)27/h3-7,12-13,26-27H,1-2,8-11H2/b14-3+. The Bertz CT molecular complexity index is 1090. The van der Waals surface area contributed by atoms with Crippen LogP contribution in [0.1, 0.15) is 35.5 Å². The number of carbonyl (C=O) groups excluding carboxylic acids is 1. The first-order valence-electron chi connectivity index (χ1n) is 9.54. The third kappa shape index (κ3) is 4.38. The molecule has 0 saturated heterocycles. The number of allylic oxidation sites excluding steroid dienone is 1. The number of halogens is 1. The van der Waals surface area contributed by atoms with Gasteiger partial charge in [-0.25, -0.2) is 4.98 Å². The largest absolute Gasteiger partial charge is 0.508 e.